The number of nitrogens with zero attached hydrogens (tertiary/aromatic N) is 3. The minimum absolute atomic E-state index is 0.0597. The molecule has 2 heterocycles. The zero-order valence-corrected chi connectivity index (χ0v) is 16.5. The lowest BCUT2D eigenvalue weighted by Crippen LogP contribution is -2.26. The van der Waals surface area contributed by atoms with Gasteiger partial charge in [0.25, 0.3) is 5.91 Å². The molecule has 8 heteroatoms. The Morgan fingerprint density at radius 2 is 1.93 bits per heavy atom. The third-order valence-corrected chi connectivity index (χ3v) is 4.85. The Kier molecular flexibility index (Phi) is 5.74. The SMILES string of the molecule is O=C(/C=C/c1ccc(C(=O)NC2CC2)cc1)NCCCn1nc2ccccn2c1=O. The molecule has 1 saturated carbocycles. The molecule has 0 radical (unpaired) electrons. The minimum Gasteiger partial charge on any atom is -0.352 e. The van der Waals surface area contributed by atoms with Gasteiger partial charge < -0.3 is 10.6 Å². The summed E-state index contributed by atoms with van der Waals surface area (Å²) in [5, 5.41) is 9.99. The number of amides is 2. The van der Waals surface area contributed by atoms with Gasteiger partial charge in [-0.15, -0.1) is 5.10 Å². The van der Waals surface area contributed by atoms with Gasteiger partial charge in [-0.2, -0.15) is 0 Å². The highest BCUT2D eigenvalue weighted by Crippen LogP contribution is 2.19. The van der Waals surface area contributed by atoms with Crippen LogP contribution >= 0.6 is 0 Å². The van der Waals surface area contributed by atoms with E-state index in [1.54, 1.807) is 48.7 Å². The molecule has 4 rings (SSSR count). The lowest BCUT2D eigenvalue weighted by Gasteiger charge is -2.03. The molecular formula is C22H23N5O3. The van der Waals surface area contributed by atoms with Crippen LogP contribution in [0.5, 0.6) is 0 Å². The molecule has 0 saturated heterocycles. The second-order valence-electron chi connectivity index (χ2n) is 7.28. The summed E-state index contributed by atoms with van der Waals surface area (Å²) in [4.78, 5) is 36.1. The molecule has 2 aromatic heterocycles. The largest absolute Gasteiger partial charge is 0.352 e. The van der Waals surface area contributed by atoms with E-state index >= 15 is 0 Å². The Labute approximate surface area is 173 Å². The molecule has 1 aromatic carbocycles. The molecule has 0 bridgehead atoms. The van der Waals surface area contributed by atoms with Crippen LogP contribution in [0.15, 0.2) is 59.5 Å². The van der Waals surface area contributed by atoms with Gasteiger partial charge in [-0.3, -0.25) is 14.0 Å². The molecule has 2 N–H and O–H groups in total. The molecule has 3 aromatic rings. The van der Waals surface area contributed by atoms with Crippen LogP contribution in [0.25, 0.3) is 11.7 Å². The van der Waals surface area contributed by atoms with Crippen LogP contribution in [0.2, 0.25) is 0 Å². The summed E-state index contributed by atoms with van der Waals surface area (Å²) in [5.74, 6) is -0.275. The number of aryl methyl sites for hydroxylation is 1. The molecule has 0 spiro atoms. The van der Waals surface area contributed by atoms with Crippen LogP contribution in [0.1, 0.15) is 35.2 Å². The highest BCUT2D eigenvalue weighted by Gasteiger charge is 2.23. The van der Waals surface area contributed by atoms with Crippen molar-refractivity contribution in [2.45, 2.75) is 31.8 Å². The van der Waals surface area contributed by atoms with Gasteiger partial charge in [0.2, 0.25) is 5.91 Å². The predicted octanol–water partition coefficient (Wildman–Crippen LogP) is 1.61. The van der Waals surface area contributed by atoms with E-state index in [0.717, 1.165) is 18.4 Å². The molecule has 0 unspecified atom stereocenters. The van der Waals surface area contributed by atoms with E-state index in [0.29, 0.717) is 36.8 Å². The van der Waals surface area contributed by atoms with E-state index in [1.807, 2.05) is 6.07 Å². The summed E-state index contributed by atoms with van der Waals surface area (Å²) in [6.45, 7) is 0.860. The fraction of sp³-hybridized carbons (Fsp3) is 0.273. The molecule has 1 aliphatic carbocycles. The van der Waals surface area contributed by atoms with Gasteiger partial charge >= 0.3 is 5.69 Å². The van der Waals surface area contributed by atoms with E-state index in [1.165, 1.54) is 15.2 Å². The summed E-state index contributed by atoms with van der Waals surface area (Å²) in [6.07, 6.45) is 7.53. The Morgan fingerprint density at radius 3 is 2.67 bits per heavy atom. The second-order valence-corrected chi connectivity index (χ2v) is 7.28. The van der Waals surface area contributed by atoms with Gasteiger partial charge in [-0.1, -0.05) is 18.2 Å². The van der Waals surface area contributed by atoms with Gasteiger partial charge in [0, 0.05) is 37.0 Å². The van der Waals surface area contributed by atoms with E-state index in [4.69, 9.17) is 0 Å². The molecule has 0 atom stereocenters. The quantitative estimate of drug-likeness (QED) is 0.439. The Balaban J connectivity index is 1.22. The molecule has 154 valence electrons. The highest BCUT2D eigenvalue weighted by atomic mass is 16.2. The van der Waals surface area contributed by atoms with Gasteiger partial charge in [0.15, 0.2) is 5.65 Å². The smallest absolute Gasteiger partial charge is 0.350 e. The Hall–Kier alpha value is -3.68. The summed E-state index contributed by atoms with van der Waals surface area (Å²) in [6, 6.07) is 12.8. The van der Waals surface area contributed by atoms with Gasteiger partial charge in [-0.05, 0) is 55.2 Å². The summed E-state index contributed by atoms with van der Waals surface area (Å²) in [7, 11) is 0. The summed E-state index contributed by atoms with van der Waals surface area (Å²) in [5.41, 5.74) is 1.87. The normalized spacial score (nSPS) is 13.6. The first-order valence-corrected chi connectivity index (χ1v) is 10.0. The summed E-state index contributed by atoms with van der Waals surface area (Å²) < 4.78 is 2.89. The van der Waals surface area contributed by atoms with Crippen molar-refractivity contribution < 1.29 is 9.59 Å². The van der Waals surface area contributed by atoms with Crippen molar-refractivity contribution in [3.8, 4) is 0 Å². The third kappa shape index (κ3) is 4.83. The van der Waals surface area contributed by atoms with Crippen molar-refractivity contribution in [3.63, 3.8) is 0 Å². The molecule has 0 aliphatic heterocycles. The fourth-order valence-electron chi connectivity index (χ4n) is 3.03. The van der Waals surface area contributed by atoms with Crippen molar-refractivity contribution in [2.24, 2.45) is 0 Å². The van der Waals surface area contributed by atoms with Gasteiger partial charge in [-0.25, -0.2) is 9.48 Å². The first kappa shape index (κ1) is 19.6. The summed E-state index contributed by atoms with van der Waals surface area (Å²) >= 11 is 0. The Bertz CT molecular complexity index is 1140. The number of pyridine rings is 1. The molecule has 2 amide bonds. The number of carbonyl (C=O) groups is 2. The molecule has 30 heavy (non-hydrogen) atoms. The molecule has 8 nitrogen and oxygen atoms in total. The van der Waals surface area contributed by atoms with Crippen LogP contribution in [0.3, 0.4) is 0 Å². The maximum atomic E-state index is 12.2. The van der Waals surface area contributed by atoms with Gasteiger partial charge in [0.05, 0.1) is 0 Å². The first-order chi connectivity index (χ1) is 14.6. The molecular weight excluding hydrogens is 382 g/mol. The van der Waals surface area contributed by atoms with E-state index in [2.05, 4.69) is 15.7 Å². The zero-order valence-electron chi connectivity index (χ0n) is 16.5. The van der Waals surface area contributed by atoms with Crippen LogP contribution in [-0.4, -0.2) is 38.6 Å². The number of nitrogens with one attached hydrogen (secondary N) is 2. The van der Waals surface area contributed by atoms with E-state index < -0.39 is 0 Å². The van der Waals surface area contributed by atoms with Crippen LogP contribution < -0.4 is 16.3 Å². The molecule has 1 aliphatic rings. The lowest BCUT2D eigenvalue weighted by molar-refractivity contribution is -0.116. The van der Waals surface area contributed by atoms with Crippen LogP contribution in [0, 0.1) is 0 Å². The van der Waals surface area contributed by atoms with Crippen molar-refractivity contribution in [2.75, 3.05) is 6.54 Å². The van der Waals surface area contributed by atoms with Crippen molar-refractivity contribution in [1.29, 1.82) is 0 Å². The first-order valence-electron chi connectivity index (χ1n) is 10.0. The number of fused-ring (bicyclic) bond motifs is 1. The fourth-order valence-corrected chi connectivity index (χ4v) is 3.03. The highest BCUT2D eigenvalue weighted by molar-refractivity contribution is 5.95. The van der Waals surface area contributed by atoms with Gasteiger partial charge in [0.1, 0.15) is 0 Å². The third-order valence-electron chi connectivity index (χ3n) is 4.85. The number of rotatable bonds is 8. The van der Waals surface area contributed by atoms with E-state index in [-0.39, 0.29) is 17.5 Å². The lowest BCUT2D eigenvalue weighted by atomic mass is 10.1. The number of hydrogen-bond donors (Lipinski definition) is 2. The standard InChI is InChI=1S/C22H23N5O3/c28-20(12-7-16-5-8-17(9-6-16)21(29)24-18-10-11-18)23-13-3-15-27-22(30)26-14-2-1-4-19(26)25-27/h1-2,4-9,12,14,18H,3,10-11,13,15H2,(H,23,28)(H,24,29)/b12-7+. The number of aromatic nitrogens is 3. The van der Waals surface area contributed by atoms with Crippen molar-refractivity contribution in [3.05, 3.63) is 76.3 Å². The average molecular weight is 405 g/mol. The topological polar surface area (TPSA) is 97.5 Å². The van der Waals surface area contributed by atoms with Crippen molar-refractivity contribution in [1.82, 2.24) is 24.8 Å². The van der Waals surface area contributed by atoms with Crippen LogP contribution in [-0.2, 0) is 11.3 Å². The number of hydrogen-bond acceptors (Lipinski definition) is 4. The maximum absolute atomic E-state index is 12.2. The van der Waals surface area contributed by atoms with E-state index in [9.17, 15) is 14.4 Å². The Morgan fingerprint density at radius 1 is 1.13 bits per heavy atom. The number of carbonyl (C=O) groups excluding carboxylic acids is 2. The molecule has 1 fully saturated rings. The maximum Gasteiger partial charge on any atom is 0.350 e. The minimum atomic E-state index is -0.215. The zero-order chi connectivity index (χ0) is 20.9. The predicted molar refractivity (Wildman–Crippen MR) is 113 cm³/mol. The second kappa shape index (κ2) is 8.77. The number of benzene rings is 1. The average Bonchev–Trinajstić information content (AvgIpc) is 3.52. The van der Waals surface area contributed by atoms with Crippen LogP contribution in [0.4, 0.5) is 0 Å². The van der Waals surface area contributed by atoms with Crippen molar-refractivity contribution >= 4 is 23.5 Å². The monoisotopic (exact) mass is 405 g/mol.